The predicted molar refractivity (Wildman–Crippen MR) is 86.8 cm³/mol. The van der Waals surface area contributed by atoms with E-state index >= 15 is 0 Å². The first-order valence-electron chi connectivity index (χ1n) is 6.89. The van der Waals surface area contributed by atoms with Gasteiger partial charge >= 0.3 is 0 Å². The Hall–Kier alpha value is -1.88. The molecule has 6 heteroatoms. The molecule has 0 aliphatic heterocycles. The lowest BCUT2D eigenvalue weighted by molar-refractivity contribution is 0.623. The quantitative estimate of drug-likeness (QED) is 0.886. The van der Waals surface area contributed by atoms with Crippen molar-refractivity contribution in [3.05, 3.63) is 41.0 Å². The van der Waals surface area contributed by atoms with E-state index in [2.05, 4.69) is 52.7 Å². The maximum absolute atomic E-state index is 5.96. The molecule has 2 aromatic rings. The number of anilines is 2. The highest BCUT2D eigenvalue weighted by Crippen LogP contribution is 2.12. The number of nitrogens with zero attached hydrogens (tertiary/aromatic N) is 3. The van der Waals surface area contributed by atoms with E-state index < -0.39 is 0 Å². The van der Waals surface area contributed by atoms with Crippen molar-refractivity contribution in [2.45, 2.75) is 32.7 Å². The average Bonchev–Trinajstić information content (AvgIpc) is 2.37. The highest BCUT2D eigenvalue weighted by molar-refractivity contribution is 6.30. The molecule has 0 spiro atoms. The van der Waals surface area contributed by atoms with Gasteiger partial charge in [-0.1, -0.05) is 23.7 Å². The van der Waals surface area contributed by atoms with Crippen LogP contribution in [0.3, 0.4) is 0 Å². The van der Waals surface area contributed by atoms with E-state index in [1.807, 2.05) is 18.2 Å². The van der Waals surface area contributed by atoms with E-state index in [0.29, 0.717) is 11.8 Å². The zero-order valence-electron chi connectivity index (χ0n) is 12.5. The van der Waals surface area contributed by atoms with Gasteiger partial charge in [-0.15, -0.1) is 5.10 Å². The summed E-state index contributed by atoms with van der Waals surface area (Å²) in [7, 11) is 0. The second-order valence-corrected chi connectivity index (χ2v) is 6.28. The molecule has 1 heterocycles. The highest BCUT2D eigenvalue weighted by atomic mass is 35.5. The zero-order chi connectivity index (χ0) is 15.3. The molecule has 0 bridgehead atoms. The Balaban J connectivity index is 1.90. The molecular formula is C15H20ClN5. The van der Waals surface area contributed by atoms with Gasteiger partial charge in [0.25, 0.3) is 0 Å². The summed E-state index contributed by atoms with van der Waals surface area (Å²) >= 11 is 5.96. The number of halogens is 1. The normalized spacial score (nSPS) is 11.2. The van der Waals surface area contributed by atoms with Crippen LogP contribution in [0.5, 0.6) is 0 Å². The van der Waals surface area contributed by atoms with Gasteiger partial charge in [-0.2, -0.15) is 10.1 Å². The van der Waals surface area contributed by atoms with E-state index in [1.54, 1.807) is 6.20 Å². The molecule has 0 radical (unpaired) electrons. The fourth-order valence-electron chi connectivity index (χ4n) is 1.80. The van der Waals surface area contributed by atoms with E-state index in [9.17, 15) is 0 Å². The van der Waals surface area contributed by atoms with Crippen molar-refractivity contribution in [1.82, 2.24) is 15.2 Å². The van der Waals surface area contributed by atoms with Crippen LogP contribution in [0.1, 0.15) is 26.3 Å². The first-order valence-corrected chi connectivity index (χ1v) is 7.26. The molecule has 0 fully saturated rings. The summed E-state index contributed by atoms with van der Waals surface area (Å²) in [5, 5.41) is 15.1. The molecule has 0 aliphatic rings. The number of rotatable bonds is 5. The Morgan fingerprint density at radius 1 is 1.24 bits per heavy atom. The first kappa shape index (κ1) is 15.5. The summed E-state index contributed by atoms with van der Waals surface area (Å²) in [6.45, 7) is 6.91. The molecule has 0 aliphatic carbocycles. The molecule has 2 N–H and O–H groups in total. The SMILES string of the molecule is CC(C)(C)Nc1nncc(NCCc2cccc(Cl)c2)n1. The van der Waals surface area contributed by atoms with Crippen molar-refractivity contribution in [3.63, 3.8) is 0 Å². The zero-order valence-corrected chi connectivity index (χ0v) is 13.3. The van der Waals surface area contributed by atoms with Crippen LogP contribution in [-0.4, -0.2) is 27.3 Å². The van der Waals surface area contributed by atoms with Crippen LogP contribution in [0.15, 0.2) is 30.5 Å². The molecular weight excluding hydrogens is 286 g/mol. The molecule has 1 aromatic carbocycles. The van der Waals surface area contributed by atoms with Crippen LogP contribution in [-0.2, 0) is 6.42 Å². The van der Waals surface area contributed by atoms with Crippen LogP contribution in [0, 0.1) is 0 Å². The minimum Gasteiger partial charge on any atom is -0.368 e. The van der Waals surface area contributed by atoms with Crippen LogP contribution in [0.25, 0.3) is 0 Å². The third-order valence-corrected chi connectivity index (χ3v) is 2.89. The first-order chi connectivity index (χ1) is 9.92. The number of aromatic nitrogens is 3. The molecule has 1 aromatic heterocycles. The van der Waals surface area contributed by atoms with Gasteiger partial charge in [-0.3, -0.25) is 0 Å². The van der Waals surface area contributed by atoms with Crippen LogP contribution < -0.4 is 10.6 Å². The number of benzene rings is 1. The average molecular weight is 306 g/mol. The summed E-state index contributed by atoms with van der Waals surface area (Å²) in [6, 6.07) is 7.85. The molecule has 0 saturated heterocycles. The van der Waals surface area contributed by atoms with Gasteiger partial charge in [-0.05, 0) is 44.9 Å². The molecule has 5 nitrogen and oxygen atoms in total. The number of hydrogen-bond acceptors (Lipinski definition) is 5. The summed E-state index contributed by atoms with van der Waals surface area (Å²) in [6.07, 6.45) is 2.48. The van der Waals surface area contributed by atoms with Gasteiger partial charge in [0.15, 0.2) is 5.82 Å². The Morgan fingerprint density at radius 3 is 2.76 bits per heavy atom. The fourth-order valence-corrected chi connectivity index (χ4v) is 2.02. The second kappa shape index (κ2) is 6.72. The molecule has 21 heavy (non-hydrogen) atoms. The van der Waals surface area contributed by atoms with Crippen LogP contribution >= 0.6 is 11.6 Å². The largest absolute Gasteiger partial charge is 0.368 e. The lowest BCUT2D eigenvalue weighted by Gasteiger charge is -2.20. The van der Waals surface area contributed by atoms with E-state index in [0.717, 1.165) is 18.0 Å². The van der Waals surface area contributed by atoms with Crippen molar-refractivity contribution < 1.29 is 0 Å². The molecule has 112 valence electrons. The van der Waals surface area contributed by atoms with Crippen LogP contribution in [0.2, 0.25) is 5.02 Å². The fraction of sp³-hybridized carbons (Fsp3) is 0.400. The summed E-state index contributed by atoms with van der Waals surface area (Å²) in [4.78, 5) is 4.38. The van der Waals surface area contributed by atoms with Crippen molar-refractivity contribution >= 4 is 23.4 Å². The smallest absolute Gasteiger partial charge is 0.245 e. The van der Waals surface area contributed by atoms with Crippen molar-refractivity contribution in [1.29, 1.82) is 0 Å². The molecule has 0 unspecified atom stereocenters. The minimum atomic E-state index is -0.0961. The molecule has 0 saturated carbocycles. The summed E-state index contributed by atoms with van der Waals surface area (Å²) in [5.41, 5.74) is 1.09. The highest BCUT2D eigenvalue weighted by Gasteiger charge is 2.11. The Labute approximate surface area is 130 Å². The van der Waals surface area contributed by atoms with Gasteiger partial charge in [0.2, 0.25) is 5.95 Å². The van der Waals surface area contributed by atoms with E-state index in [-0.39, 0.29) is 5.54 Å². The van der Waals surface area contributed by atoms with Crippen molar-refractivity contribution in [2.75, 3.05) is 17.2 Å². The monoisotopic (exact) mass is 305 g/mol. The van der Waals surface area contributed by atoms with Gasteiger partial charge in [-0.25, -0.2) is 0 Å². The predicted octanol–water partition coefficient (Wildman–Crippen LogP) is 3.39. The van der Waals surface area contributed by atoms with Crippen LogP contribution in [0.4, 0.5) is 11.8 Å². The standard InChI is InChI=1S/C15H20ClN5/c1-15(2,3)20-14-19-13(10-18-21-14)17-8-7-11-5-4-6-12(16)9-11/h4-6,9-10H,7-8H2,1-3H3,(H2,17,19,20,21). The Kier molecular flexibility index (Phi) is 4.96. The van der Waals surface area contributed by atoms with Crippen molar-refractivity contribution in [2.24, 2.45) is 0 Å². The molecule has 0 atom stereocenters. The Bertz CT molecular complexity index is 595. The molecule has 2 rings (SSSR count). The van der Waals surface area contributed by atoms with Gasteiger partial charge in [0, 0.05) is 17.1 Å². The van der Waals surface area contributed by atoms with Gasteiger partial charge in [0.05, 0.1) is 6.20 Å². The maximum atomic E-state index is 5.96. The maximum Gasteiger partial charge on any atom is 0.245 e. The topological polar surface area (TPSA) is 62.7 Å². The third-order valence-electron chi connectivity index (χ3n) is 2.65. The Morgan fingerprint density at radius 2 is 2.05 bits per heavy atom. The molecule has 0 amide bonds. The van der Waals surface area contributed by atoms with E-state index in [4.69, 9.17) is 11.6 Å². The van der Waals surface area contributed by atoms with Crippen molar-refractivity contribution in [3.8, 4) is 0 Å². The summed E-state index contributed by atoms with van der Waals surface area (Å²) in [5.74, 6) is 1.23. The second-order valence-electron chi connectivity index (χ2n) is 5.85. The lowest BCUT2D eigenvalue weighted by atomic mass is 10.1. The van der Waals surface area contributed by atoms with Gasteiger partial charge < -0.3 is 10.6 Å². The number of hydrogen-bond donors (Lipinski definition) is 2. The summed E-state index contributed by atoms with van der Waals surface area (Å²) < 4.78 is 0. The number of nitrogens with one attached hydrogen (secondary N) is 2. The third kappa shape index (κ3) is 5.55. The lowest BCUT2D eigenvalue weighted by Crippen LogP contribution is -2.27. The van der Waals surface area contributed by atoms with E-state index in [1.165, 1.54) is 5.56 Å². The van der Waals surface area contributed by atoms with Gasteiger partial charge in [0.1, 0.15) is 0 Å². The minimum absolute atomic E-state index is 0.0961.